The summed E-state index contributed by atoms with van der Waals surface area (Å²) in [5.41, 5.74) is 0. The standard InChI is InChI=1S/C22H25N3O7S2/c1-12(21(28)24-16-10-18(26)32-22(16)29)14-7-9-33-11-17(19(14)27)25(34(30)31)20-15-5-3-2-4-13(15)6-8-23-20/h2-6,8,12,14,16-17,22,29H,7,9-11H2,1H3,(H,24,28)(H,30,31)/p-1. The van der Waals surface area contributed by atoms with Crippen LogP contribution in [0.3, 0.4) is 0 Å². The van der Waals surface area contributed by atoms with Crippen LogP contribution < -0.4 is 9.62 Å². The number of ether oxygens (including phenoxy) is 1. The number of ketones is 1. The minimum absolute atomic E-state index is 0.160. The molecule has 0 bridgehead atoms. The van der Waals surface area contributed by atoms with Crippen molar-refractivity contribution in [3.63, 3.8) is 0 Å². The van der Waals surface area contributed by atoms with Gasteiger partial charge in [0.2, 0.25) is 12.2 Å². The van der Waals surface area contributed by atoms with Gasteiger partial charge in [-0.15, -0.1) is 0 Å². The fourth-order valence-electron chi connectivity index (χ4n) is 4.32. The van der Waals surface area contributed by atoms with Gasteiger partial charge in [-0.3, -0.25) is 22.9 Å². The number of aromatic nitrogens is 1. The maximum atomic E-state index is 13.6. The Balaban J connectivity index is 1.60. The summed E-state index contributed by atoms with van der Waals surface area (Å²) < 4.78 is 30.4. The highest BCUT2D eigenvalue weighted by atomic mass is 32.2. The van der Waals surface area contributed by atoms with Crippen LogP contribution in [0.4, 0.5) is 5.82 Å². The summed E-state index contributed by atoms with van der Waals surface area (Å²) in [5, 5.41) is 13.7. The van der Waals surface area contributed by atoms with E-state index in [1.807, 2.05) is 12.1 Å². The molecule has 0 spiro atoms. The Bertz CT molecular complexity index is 1130. The number of carbonyl (C=O) groups excluding carboxylic acids is 3. The van der Waals surface area contributed by atoms with E-state index in [0.29, 0.717) is 17.6 Å². The molecule has 1 aromatic heterocycles. The summed E-state index contributed by atoms with van der Waals surface area (Å²) in [5.74, 6) is -2.10. The molecule has 0 aliphatic carbocycles. The molecule has 1 aromatic carbocycles. The van der Waals surface area contributed by atoms with Crippen molar-refractivity contribution in [1.82, 2.24) is 10.3 Å². The number of thioether (sulfide) groups is 1. The van der Waals surface area contributed by atoms with E-state index < -0.39 is 53.4 Å². The average Bonchev–Trinajstić information content (AvgIpc) is 3.01. The van der Waals surface area contributed by atoms with Crippen molar-refractivity contribution in [3.8, 4) is 0 Å². The first kappa shape index (κ1) is 24.6. The molecular weight excluding hydrogens is 482 g/mol. The zero-order valence-electron chi connectivity index (χ0n) is 18.3. The number of esters is 1. The number of hydrogen-bond donors (Lipinski definition) is 2. The molecule has 0 radical (unpaired) electrons. The van der Waals surface area contributed by atoms with E-state index in [9.17, 15) is 28.3 Å². The molecule has 6 unspecified atom stereocenters. The van der Waals surface area contributed by atoms with E-state index >= 15 is 0 Å². The number of carbonyl (C=O) groups is 3. The number of nitrogens with one attached hydrogen (secondary N) is 1. The highest BCUT2D eigenvalue weighted by Gasteiger charge is 2.42. The Morgan fingerprint density at radius 3 is 2.82 bits per heavy atom. The lowest BCUT2D eigenvalue weighted by molar-refractivity contribution is -0.155. The van der Waals surface area contributed by atoms with Crippen LogP contribution in [0, 0.1) is 11.8 Å². The molecule has 2 N–H and O–H groups in total. The predicted octanol–water partition coefficient (Wildman–Crippen LogP) is 0.912. The quantitative estimate of drug-likeness (QED) is 0.431. The average molecular weight is 507 g/mol. The molecule has 0 saturated carbocycles. The number of aliphatic hydroxyl groups excluding tert-OH is 1. The van der Waals surface area contributed by atoms with Gasteiger partial charge in [0.1, 0.15) is 17.9 Å². The number of hydrogen-bond acceptors (Lipinski definition) is 9. The normalized spacial score (nSPS) is 27.0. The summed E-state index contributed by atoms with van der Waals surface area (Å²) in [7, 11) is 0. The van der Waals surface area contributed by atoms with Crippen LogP contribution in [0.2, 0.25) is 0 Å². The van der Waals surface area contributed by atoms with Crippen LogP contribution in [-0.2, 0) is 30.4 Å². The molecule has 1 amide bonds. The Morgan fingerprint density at radius 1 is 1.35 bits per heavy atom. The fraction of sp³-hybridized carbons (Fsp3) is 0.455. The fourth-order valence-corrected chi connectivity index (χ4v) is 6.21. The first-order chi connectivity index (χ1) is 16.3. The Labute approximate surface area is 202 Å². The van der Waals surface area contributed by atoms with Crippen LogP contribution >= 0.6 is 11.8 Å². The van der Waals surface area contributed by atoms with Gasteiger partial charge in [-0.25, -0.2) is 4.98 Å². The molecule has 6 atom stereocenters. The highest BCUT2D eigenvalue weighted by Crippen LogP contribution is 2.33. The van der Waals surface area contributed by atoms with Gasteiger partial charge in [-0.05, 0) is 23.6 Å². The first-order valence-corrected chi connectivity index (χ1v) is 13.0. The summed E-state index contributed by atoms with van der Waals surface area (Å²) in [6, 6.07) is 7.01. The molecule has 12 heteroatoms. The number of benzene rings is 1. The number of nitrogens with zero attached hydrogens (tertiary/aromatic N) is 2. The SMILES string of the molecule is CC(C(=O)NC1CC(=O)OC1O)C1CCSCC(N(c2nccc3ccccc23)S(=O)[O-])C1=O. The zero-order valence-corrected chi connectivity index (χ0v) is 19.9. The third kappa shape index (κ3) is 4.95. The molecule has 4 rings (SSSR count). The number of Topliss-reactive ketones (excluding diaryl/α,β-unsaturated/α-hetero) is 1. The third-order valence-electron chi connectivity index (χ3n) is 6.18. The first-order valence-electron chi connectivity index (χ1n) is 10.8. The molecule has 2 saturated heterocycles. The zero-order chi connectivity index (χ0) is 24.4. The molecule has 2 aliphatic heterocycles. The highest BCUT2D eigenvalue weighted by molar-refractivity contribution is 7.99. The number of aliphatic hydroxyl groups is 1. The Kier molecular flexibility index (Phi) is 7.51. The van der Waals surface area contributed by atoms with Crippen molar-refractivity contribution in [2.24, 2.45) is 11.8 Å². The van der Waals surface area contributed by atoms with Crippen LogP contribution in [0.5, 0.6) is 0 Å². The lowest BCUT2D eigenvalue weighted by atomic mass is 9.84. The van der Waals surface area contributed by atoms with Gasteiger partial charge >= 0.3 is 5.97 Å². The van der Waals surface area contributed by atoms with Crippen LogP contribution in [0.25, 0.3) is 10.8 Å². The van der Waals surface area contributed by atoms with E-state index in [1.165, 1.54) is 18.0 Å². The topological polar surface area (TPSA) is 149 Å². The van der Waals surface area contributed by atoms with Crippen molar-refractivity contribution in [2.75, 3.05) is 15.8 Å². The maximum absolute atomic E-state index is 13.6. The molecule has 2 aromatic rings. The van der Waals surface area contributed by atoms with E-state index in [1.54, 1.807) is 25.1 Å². The predicted molar refractivity (Wildman–Crippen MR) is 125 cm³/mol. The Hall–Kier alpha value is -2.54. The number of fused-ring (bicyclic) bond motifs is 1. The van der Waals surface area contributed by atoms with Crippen LogP contribution in [0.1, 0.15) is 19.8 Å². The van der Waals surface area contributed by atoms with E-state index in [2.05, 4.69) is 15.0 Å². The number of rotatable bonds is 6. The summed E-state index contributed by atoms with van der Waals surface area (Å²) in [6.07, 6.45) is 0.286. The van der Waals surface area contributed by atoms with Gasteiger partial charge < -0.3 is 19.7 Å². The lowest BCUT2D eigenvalue weighted by Gasteiger charge is -2.34. The minimum atomic E-state index is -2.79. The molecule has 2 aliphatic rings. The van der Waals surface area contributed by atoms with Crippen molar-refractivity contribution < 1.29 is 33.0 Å². The summed E-state index contributed by atoms with van der Waals surface area (Å²) >= 11 is -1.35. The Morgan fingerprint density at radius 2 is 2.12 bits per heavy atom. The van der Waals surface area contributed by atoms with Crippen LogP contribution in [-0.4, -0.2) is 66.4 Å². The second-order valence-electron chi connectivity index (χ2n) is 8.28. The third-order valence-corrected chi connectivity index (χ3v) is 8.00. The van der Waals surface area contributed by atoms with E-state index in [4.69, 9.17) is 0 Å². The second kappa shape index (κ2) is 10.4. The number of pyridine rings is 1. The molecule has 2 fully saturated rings. The van der Waals surface area contributed by atoms with E-state index in [0.717, 1.165) is 9.69 Å². The largest absolute Gasteiger partial charge is 0.755 e. The van der Waals surface area contributed by atoms with E-state index in [-0.39, 0.29) is 23.8 Å². The van der Waals surface area contributed by atoms with Gasteiger partial charge in [-0.1, -0.05) is 31.2 Å². The molecule has 3 heterocycles. The van der Waals surface area contributed by atoms with Crippen molar-refractivity contribution >= 4 is 57.3 Å². The maximum Gasteiger partial charge on any atom is 0.310 e. The summed E-state index contributed by atoms with van der Waals surface area (Å²) in [6.45, 7) is 1.59. The van der Waals surface area contributed by atoms with Gasteiger partial charge in [-0.2, -0.15) is 11.8 Å². The van der Waals surface area contributed by atoms with Crippen molar-refractivity contribution in [2.45, 2.75) is 38.1 Å². The minimum Gasteiger partial charge on any atom is -0.755 e. The molecule has 182 valence electrons. The second-order valence-corrected chi connectivity index (χ2v) is 10.3. The van der Waals surface area contributed by atoms with Gasteiger partial charge in [0.05, 0.1) is 6.42 Å². The van der Waals surface area contributed by atoms with Gasteiger partial charge in [0, 0.05) is 40.4 Å². The lowest BCUT2D eigenvalue weighted by Crippen LogP contribution is -2.50. The summed E-state index contributed by atoms with van der Waals surface area (Å²) in [4.78, 5) is 42.1. The molecular formula is C22H24N3O7S2-. The molecule has 34 heavy (non-hydrogen) atoms. The van der Waals surface area contributed by atoms with Gasteiger partial charge in [0.15, 0.2) is 5.78 Å². The monoisotopic (exact) mass is 506 g/mol. The van der Waals surface area contributed by atoms with Gasteiger partial charge in [0.25, 0.3) is 0 Å². The number of cyclic esters (lactones) is 1. The van der Waals surface area contributed by atoms with Crippen molar-refractivity contribution in [1.29, 1.82) is 0 Å². The van der Waals surface area contributed by atoms with Crippen molar-refractivity contribution in [3.05, 3.63) is 36.5 Å². The smallest absolute Gasteiger partial charge is 0.310 e. The van der Waals surface area contributed by atoms with Crippen LogP contribution in [0.15, 0.2) is 36.5 Å². The number of amides is 1. The molecule has 10 nitrogen and oxygen atoms in total. The number of anilines is 1.